The molecule has 2 rings (SSSR count). The Morgan fingerprint density at radius 1 is 1.19 bits per heavy atom. The van der Waals surface area contributed by atoms with E-state index in [1.54, 1.807) is 39.0 Å². The van der Waals surface area contributed by atoms with Gasteiger partial charge in [0.25, 0.3) is 5.56 Å². The molecular formula is C22H29N3O6. The van der Waals surface area contributed by atoms with Gasteiger partial charge in [-0.05, 0) is 38.0 Å². The highest BCUT2D eigenvalue weighted by atomic mass is 16.5. The molecule has 2 aromatic rings. The van der Waals surface area contributed by atoms with Crippen molar-refractivity contribution >= 4 is 28.9 Å². The van der Waals surface area contributed by atoms with Crippen molar-refractivity contribution in [3.05, 3.63) is 39.8 Å². The molecule has 0 spiro atoms. The number of fused-ring (bicyclic) bond motifs is 1. The van der Waals surface area contributed by atoms with Gasteiger partial charge in [0.05, 0.1) is 30.3 Å². The Balaban J connectivity index is 2.26. The number of carbonyl (C=O) groups is 3. The van der Waals surface area contributed by atoms with Crippen molar-refractivity contribution in [1.82, 2.24) is 14.9 Å². The number of aryl methyl sites for hydroxylation is 2. The predicted octanol–water partition coefficient (Wildman–Crippen LogP) is 1.84. The minimum Gasteiger partial charge on any atom is -0.467 e. The monoisotopic (exact) mass is 431 g/mol. The molecule has 1 amide bonds. The number of aromatic nitrogens is 2. The van der Waals surface area contributed by atoms with E-state index >= 15 is 0 Å². The molecule has 0 unspecified atom stereocenters. The van der Waals surface area contributed by atoms with Gasteiger partial charge in [-0.3, -0.25) is 9.59 Å². The smallest absolute Gasteiger partial charge is 0.338 e. The van der Waals surface area contributed by atoms with Crippen molar-refractivity contribution in [1.29, 1.82) is 0 Å². The van der Waals surface area contributed by atoms with Gasteiger partial charge in [0.1, 0.15) is 11.7 Å². The van der Waals surface area contributed by atoms with Crippen LogP contribution in [0.4, 0.5) is 0 Å². The quantitative estimate of drug-likeness (QED) is 0.602. The fraction of sp³-hybridized carbons (Fsp3) is 0.500. The van der Waals surface area contributed by atoms with E-state index in [2.05, 4.69) is 10.3 Å². The summed E-state index contributed by atoms with van der Waals surface area (Å²) in [5.41, 5.74) is 1.33. The fourth-order valence-corrected chi connectivity index (χ4v) is 3.21. The average Bonchev–Trinajstić information content (AvgIpc) is 2.75. The van der Waals surface area contributed by atoms with Crippen LogP contribution in [0.25, 0.3) is 11.0 Å². The maximum absolute atomic E-state index is 12.9. The molecule has 0 aliphatic heterocycles. The lowest BCUT2D eigenvalue weighted by Gasteiger charge is -2.19. The first kappa shape index (κ1) is 24.0. The molecule has 31 heavy (non-hydrogen) atoms. The molecule has 9 heteroatoms. The molecule has 1 aromatic heterocycles. The predicted molar refractivity (Wildman–Crippen MR) is 115 cm³/mol. The lowest BCUT2D eigenvalue weighted by molar-refractivity contribution is -0.146. The van der Waals surface area contributed by atoms with Gasteiger partial charge in [-0.2, -0.15) is 0 Å². The Labute approximate surface area is 180 Å². The number of esters is 2. The van der Waals surface area contributed by atoms with E-state index in [4.69, 9.17) is 9.47 Å². The van der Waals surface area contributed by atoms with Crippen molar-refractivity contribution in [2.45, 2.75) is 53.1 Å². The molecule has 1 heterocycles. The van der Waals surface area contributed by atoms with Gasteiger partial charge in [0, 0.05) is 19.4 Å². The Hall–Kier alpha value is -3.23. The number of hydrogen-bond donors (Lipinski definition) is 1. The molecule has 0 aliphatic rings. The number of methoxy groups -OCH3 is 1. The highest BCUT2D eigenvalue weighted by molar-refractivity contribution is 5.93. The van der Waals surface area contributed by atoms with Crippen LogP contribution in [-0.2, 0) is 32.0 Å². The molecule has 168 valence electrons. The summed E-state index contributed by atoms with van der Waals surface area (Å²) in [6.07, 6.45) is 0.116. The van der Waals surface area contributed by atoms with Crippen molar-refractivity contribution in [3.8, 4) is 0 Å². The molecular weight excluding hydrogens is 402 g/mol. The molecule has 0 saturated carbocycles. The average molecular weight is 431 g/mol. The summed E-state index contributed by atoms with van der Waals surface area (Å²) in [5.74, 6) is -1.49. The number of ether oxygens (including phenoxy) is 2. The molecule has 0 saturated heterocycles. The number of amides is 1. The van der Waals surface area contributed by atoms with Gasteiger partial charge in [0.2, 0.25) is 5.91 Å². The third-order valence-corrected chi connectivity index (χ3v) is 4.87. The second kappa shape index (κ2) is 10.7. The minimum absolute atomic E-state index is 0.00140. The maximum atomic E-state index is 12.9. The van der Waals surface area contributed by atoms with Crippen LogP contribution in [0.2, 0.25) is 0 Å². The van der Waals surface area contributed by atoms with Crippen LogP contribution in [0, 0.1) is 5.92 Å². The fourth-order valence-electron chi connectivity index (χ4n) is 3.21. The number of rotatable bonds is 9. The van der Waals surface area contributed by atoms with Gasteiger partial charge in [-0.15, -0.1) is 0 Å². The molecule has 0 fully saturated rings. The number of nitrogens with one attached hydrogen (secondary N) is 1. The lowest BCUT2D eigenvalue weighted by Crippen LogP contribution is -2.45. The highest BCUT2D eigenvalue weighted by Gasteiger charge is 2.25. The van der Waals surface area contributed by atoms with Crippen LogP contribution in [0.1, 0.15) is 50.2 Å². The van der Waals surface area contributed by atoms with Crippen LogP contribution in [-0.4, -0.2) is 47.2 Å². The zero-order chi connectivity index (χ0) is 23.1. The Morgan fingerprint density at radius 3 is 2.48 bits per heavy atom. The van der Waals surface area contributed by atoms with Gasteiger partial charge in [-0.25, -0.2) is 14.6 Å². The van der Waals surface area contributed by atoms with Crippen molar-refractivity contribution in [2.24, 2.45) is 5.92 Å². The summed E-state index contributed by atoms with van der Waals surface area (Å²) in [5, 5.41) is 2.65. The van der Waals surface area contributed by atoms with E-state index in [0.29, 0.717) is 23.1 Å². The Kier molecular flexibility index (Phi) is 8.30. The van der Waals surface area contributed by atoms with Gasteiger partial charge < -0.3 is 19.4 Å². The van der Waals surface area contributed by atoms with Crippen LogP contribution in [0.15, 0.2) is 23.0 Å². The molecule has 9 nitrogen and oxygen atoms in total. The largest absolute Gasteiger partial charge is 0.467 e. The number of hydrogen-bond acceptors (Lipinski definition) is 7. The standard InChI is InChI=1S/C22H29N3O6/c1-6-25-17-12-14(21(28)31-7-2)8-9-15(17)23-16(20(25)27)10-11-18(26)24-19(13(3)4)22(29)30-5/h8-9,12-13,19H,6-7,10-11H2,1-5H3,(H,24,26)/t19-/m1/s1. The second-order valence-electron chi connectivity index (χ2n) is 7.34. The SMILES string of the molecule is CCOC(=O)c1ccc2nc(CCC(=O)N[C@@H](C(=O)OC)C(C)C)c(=O)n(CC)c2c1. The minimum atomic E-state index is -0.754. The first-order valence-corrected chi connectivity index (χ1v) is 10.3. The van der Waals surface area contributed by atoms with Crippen LogP contribution >= 0.6 is 0 Å². The summed E-state index contributed by atoms with van der Waals surface area (Å²) in [4.78, 5) is 53.5. The zero-order valence-corrected chi connectivity index (χ0v) is 18.6. The highest BCUT2D eigenvalue weighted by Crippen LogP contribution is 2.15. The van der Waals surface area contributed by atoms with E-state index in [1.165, 1.54) is 11.7 Å². The maximum Gasteiger partial charge on any atom is 0.338 e. The van der Waals surface area contributed by atoms with E-state index in [1.807, 2.05) is 6.92 Å². The van der Waals surface area contributed by atoms with Crippen LogP contribution in [0.3, 0.4) is 0 Å². The molecule has 0 aliphatic carbocycles. The number of benzene rings is 1. The van der Waals surface area contributed by atoms with Crippen molar-refractivity contribution in [2.75, 3.05) is 13.7 Å². The first-order chi connectivity index (χ1) is 14.7. The third-order valence-electron chi connectivity index (χ3n) is 4.87. The number of carbonyl (C=O) groups excluding carboxylic acids is 3. The second-order valence-corrected chi connectivity index (χ2v) is 7.34. The summed E-state index contributed by atoms with van der Waals surface area (Å²) in [7, 11) is 1.27. The normalized spacial score (nSPS) is 11.9. The molecule has 1 N–H and O–H groups in total. The summed E-state index contributed by atoms with van der Waals surface area (Å²) >= 11 is 0. The van der Waals surface area contributed by atoms with E-state index < -0.39 is 18.0 Å². The van der Waals surface area contributed by atoms with E-state index in [0.717, 1.165) is 0 Å². The summed E-state index contributed by atoms with van der Waals surface area (Å²) < 4.78 is 11.3. The molecule has 1 atom stereocenters. The van der Waals surface area contributed by atoms with Crippen LogP contribution in [0.5, 0.6) is 0 Å². The van der Waals surface area contributed by atoms with Gasteiger partial charge >= 0.3 is 11.9 Å². The third kappa shape index (κ3) is 5.68. The number of nitrogens with zero attached hydrogens (tertiary/aromatic N) is 2. The van der Waals surface area contributed by atoms with E-state index in [-0.39, 0.29) is 42.5 Å². The lowest BCUT2D eigenvalue weighted by atomic mass is 10.0. The van der Waals surface area contributed by atoms with Crippen molar-refractivity contribution < 1.29 is 23.9 Å². The zero-order valence-electron chi connectivity index (χ0n) is 18.6. The topological polar surface area (TPSA) is 117 Å². The van der Waals surface area contributed by atoms with Gasteiger partial charge in [-0.1, -0.05) is 13.8 Å². The van der Waals surface area contributed by atoms with Crippen molar-refractivity contribution in [3.63, 3.8) is 0 Å². The Bertz CT molecular complexity index is 1030. The first-order valence-electron chi connectivity index (χ1n) is 10.3. The van der Waals surface area contributed by atoms with E-state index in [9.17, 15) is 19.2 Å². The molecule has 0 bridgehead atoms. The molecule has 1 aromatic carbocycles. The molecule has 0 radical (unpaired) electrons. The summed E-state index contributed by atoms with van der Waals surface area (Å²) in [6, 6.07) is 4.09. The summed E-state index contributed by atoms with van der Waals surface area (Å²) in [6.45, 7) is 7.78. The van der Waals surface area contributed by atoms with Gasteiger partial charge in [0.15, 0.2) is 0 Å². The van der Waals surface area contributed by atoms with Crippen LogP contribution < -0.4 is 10.9 Å². The Morgan fingerprint density at radius 2 is 1.90 bits per heavy atom.